The molecule has 7 heteroatoms. The van der Waals surface area contributed by atoms with E-state index in [-0.39, 0.29) is 31.0 Å². The standard InChI is InChI=1S/C20H21ClFN3O2/c1-2-23-20(26)25(12-14-7-3-6-10-18(14)22)13-15-11-19(24-27-15)16-8-4-5-9-17(16)21/h3-10,15H,2,11-13H2,1H3,(H,23,26). The molecule has 27 heavy (non-hydrogen) atoms. The van der Waals surface area contributed by atoms with E-state index in [1.165, 1.54) is 11.0 Å². The third-order valence-electron chi connectivity index (χ3n) is 4.28. The number of rotatable bonds is 6. The second-order valence-electron chi connectivity index (χ2n) is 6.26. The van der Waals surface area contributed by atoms with Gasteiger partial charge in [0.25, 0.3) is 0 Å². The van der Waals surface area contributed by atoms with E-state index in [0.717, 1.165) is 11.3 Å². The van der Waals surface area contributed by atoms with Crippen LogP contribution in [-0.4, -0.2) is 35.8 Å². The second-order valence-corrected chi connectivity index (χ2v) is 6.66. The van der Waals surface area contributed by atoms with Crippen LogP contribution in [0, 0.1) is 5.82 Å². The molecule has 5 nitrogen and oxygen atoms in total. The molecule has 0 radical (unpaired) electrons. The van der Waals surface area contributed by atoms with Gasteiger partial charge in [0.2, 0.25) is 0 Å². The van der Waals surface area contributed by atoms with E-state index >= 15 is 0 Å². The molecule has 1 unspecified atom stereocenters. The van der Waals surface area contributed by atoms with Crippen molar-refractivity contribution in [2.75, 3.05) is 13.1 Å². The van der Waals surface area contributed by atoms with Gasteiger partial charge in [-0.1, -0.05) is 53.2 Å². The molecule has 0 saturated heterocycles. The van der Waals surface area contributed by atoms with Crippen molar-refractivity contribution in [3.05, 3.63) is 70.5 Å². The summed E-state index contributed by atoms with van der Waals surface area (Å²) in [5.41, 5.74) is 2.02. The highest BCUT2D eigenvalue weighted by atomic mass is 35.5. The molecule has 1 N–H and O–H groups in total. The van der Waals surface area contributed by atoms with Gasteiger partial charge in [0.05, 0.1) is 18.8 Å². The first-order valence-corrected chi connectivity index (χ1v) is 9.20. The summed E-state index contributed by atoms with van der Waals surface area (Å²) in [6.07, 6.45) is 0.211. The van der Waals surface area contributed by atoms with E-state index in [4.69, 9.17) is 16.4 Å². The van der Waals surface area contributed by atoms with Crippen LogP contribution in [0.25, 0.3) is 0 Å². The number of carbonyl (C=O) groups is 1. The fourth-order valence-corrected chi connectivity index (χ4v) is 3.19. The topological polar surface area (TPSA) is 53.9 Å². The molecule has 1 atom stereocenters. The number of hydrogen-bond acceptors (Lipinski definition) is 3. The number of nitrogens with zero attached hydrogens (tertiary/aromatic N) is 2. The van der Waals surface area contributed by atoms with Gasteiger partial charge < -0.3 is 15.1 Å². The van der Waals surface area contributed by atoms with Crippen LogP contribution in [0.15, 0.2) is 53.7 Å². The number of halogens is 2. The van der Waals surface area contributed by atoms with Crippen molar-refractivity contribution in [3.63, 3.8) is 0 Å². The highest BCUT2D eigenvalue weighted by Crippen LogP contribution is 2.23. The van der Waals surface area contributed by atoms with E-state index in [2.05, 4.69) is 10.5 Å². The van der Waals surface area contributed by atoms with Crippen molar-refractivity contribution < 1.29 is 14.0 Å². The molecular formula is C20H21ClFN3O2. The molecule has 0 bridgehead atoms. The van der Waals surface area contributed by atoms with Gasteiger partial charge in [0.1, 0.15) is 5.82 Å². The average Bonchev–Trinajstić information content (AvgIpc) is 3.12. The fraction of sp³-hybridized carbons (Fsp3) is 0.300. The first kappa shape index (κ1) is 19.2. The second kappa shape index (κ2) is 8.86. The van der Waals surface area contributed by atoms with Crippen LogP contribution in [0.2, 0.25) is 5.02 Å². The molecule has 0 spiro atoms. The Kier molecular flexibility index (Phi) is 6.29. The van der Waals surface area contributed by atoms with Gasteiger partial charge in [-0.3, -0.25) is 0 Å². The maximum Gasteiger partial charge on any atom is 0.317 e. The summed E-state index contributed by atoms with van der Waals surface area (Å²) in [6, 6.07) is 13.6. The minimum Gasteiger partial charge on any atom is -0.390 e. The summed E-state index contributed by atoms with van der Waals surface area (Å²) < 4.78 is 14.0. The Balaban J connectivity index is 1.69. The van der Waals surface area contributed by atoms with Crippen LogP contribution in [0.4, 0.5) is 9.18 Å². The minimum atomic E-state index is -0.341. The van der Waals surface area contributed by atoms with Gasteiger partial charge >= 0.3 is 6.03 Å². The Bertz CT molecular complexity index is 843. The number of carbonyl (C=O) groups excluding carboxylic acids is 1. The van der Waals surface area contributed by atoms with Crippen molar-refractivity contribution in [2.24, 2.45) is 5.16 Å². The quantitative estimate of drug-likeness (QED) is 0.804. The lowest BCUT2D eigenvalue weighted by molar-refractivity contribution is 0.0588. The minimum absolute atomic E-state index is 0.153. The lowest BCUT2D eigenvalue weighted by Gasteiger charge is -2.25. The van der Waals surface area contributed by atoms with Crippen molar-refractivity contribution in [3.8, 4) is 0 Å². The Labute approximate surface area is 162 Å². The van der Waals surface area contributed by atoms with Crippen LogP contribution in [0.3, 0.4) is 0 Å². The summed E-state index contributed by atoms with van der Waals surface area (Å²) in [4.78, 5) is 19.5. The first-order valence-electron chi connectivity index (χ1n) is 8.82. The van der Waals surface area contributed by atoms with Crippen molar-refractivity contribution in [1.82, 2.24) is 10.2 Å². The SMILES string of the molecule is CCNC(=O)N(Cc1ccccc1F)CC1CC(c2ccccc2Cl)=NO1. The van der Waals surface area contributed by atoms with Gasteiger partial charge in [-0.05, 0) is 19.1 Å². The zero-order valence-electron chi connectivity index (χ0n) is 15.0. The predicted molar refractivity (Wildman–Crippen MR) is 103 cm³/mol. The largest absolute Gasteiger partial charge is 0.390 e. The third-order valence-corrected chi connectivity index (χ3v) is 4.61. The maximum atomic E-state index is 14.0. The number of amides is 2. The Morgan fingerprint density at radius 3 is 2.78 bits per heavy atom. The fourth-order valence-electron chi connectivity index (χ4n) is 2.94. The summed E-state index contributed by atoms with van der Waals surface area (Å²) >= 11 is 6.22. The van der Waals surface area contributed by atoms with E-state index in [0.29, 0.717) is 23.6 Å². The molecule has 2 aromatic rings. The molecule has 0 saturated carbocycles. The van der Waals surface area contributed by atoms with Crippen LogP contribution < -0.4 is 5.32 Å². The number of benzene rings is 2. The predicted octanol–water partition coefficient (Wildman–Crippen LogP) is 4.20. The van der Waals surface area contributed by atoms with Crippen molar-refractivity contribution in [2.45, 2.75) is 26.0 Å². The molecular weight excluding hydrogens is 369 g/mol. The number of nitrogens with one attached hydrogen (secondary N) is 1. The molecule has 2 amide bonds. The molecule has 0 fully saturated rings. The van der Waals surface area contributed by atoms with E-state index in [1.54, 1.807) is 24.3 Å². The van der Waals surface area contributed by atoms with Gasteiger partial charge in [0.15, 0.2) is 6.10 Å². The molecule has 142 valence electrons. The monoisotopic (exact) mass is 389 g/mol. The van der Waals surface area contributed by atoms with E-state index < -0.39 is 0 Å². The van der Waals surface area contributed by atoms with Crippen molar-refractivity contribution in [1.29, 1.82) is 0 Å². The van der Waals surface area contributed by atoms with E-state index in [9.17, 15) is 9.18 Å². The summed E-state index contributed by atoms with van der Waals surface area (Å²) in [5, 5.41) is 7.50. The van der Waals surface area contributed by atoms with Gasteiger partial charge in [-0.15, -0.1) is 0 Å². The number of urea groups is 1. The van der Waals surface area contributed by atoms with Crippen LogP contribution in [-0.2, 0) is 11.4 Å². The third kappa shape index (κ3) is 4.77. The van der Waals surface area contributed by atoms with Gasteiger partial charge in [-0.25, -0.2) is 9.18 Å². The van der Waals surface area contributed by atoms with E-state index in [1.807, 2.05) is 25.1 Å². The molecule has 1 aliphatic rings. The van der Waals surface area contributed by atoms with Crippen LogP contribution >= 0.6 is 11.6 Å². The van der Waals surface area contributed by atoms with Gasteiger partial charge in [0, 0.05) is 29.1 Å². The Morgan fingerprint density at radius 2 is 2.04 bits per heavy atom. The molecule has 2 aromatic carbocycles. The summed E-state index contributed by atoms with van der Waals surface area (Å²) in [5.74, 6) is -0.341. The summed E-state index contributed by atoms with van der Waals surface area (Å²) in [7, 11) is 0. The van der Waals surface area contributed by atoms with Crippen molar-refractivity contribution >= 4 is 23.3 Å². The Hall–Kier alpha value is -2.60. The zero-order valence-corrected chi connectivity index (χ0v) is 15.7. The van der Waals surface area contributed by atoms with Crippen LogP contribution in [0.1, 0.15) is 24.5 Å². The highest BCUT2D eigenvalue weighted by Gasteiger charge is 2.28. The molecule has 0 aromatic heterocycles. The highest BCUT2D eigenvalue weighted by molar-refractivity contribution is 6.34. The molecule has 0 aliphatic carbocycles. The first-order chi connectivity index (χ1) is 13.1. The maximum absolute atomic E-state index is 14.0. The smallest absolute Gasteiger partial charge is 0.317 e. The lowest BCUT2D eigenvalue weighted by atomic mass is 10.0. The molecule has 1 aliphatic heterocycles. The average molecular weight is 390 g/mol. The Morgan fingerprint density at radius 1 is 1.30 bits per heavy atom. The number of hydrogen-bond donors (Lipinski definition) is 1. The lowest BCUT2D eigenvalue weighted by Crippen LogP contribution is -2.43. The molecule has 3 rings (SSSR count). The normalized spacial score (nSPS) is 15.8. The number of oxime groups is 1. The van der Waals surface area contributed by atoms with Crippen LogP contribution in [0.5, 0.6) is 0 Å². The zero-order chi connectivity index (χ0) is 19.2. The van der Waals surface area contributed by atoms with Gasteiger partial charge in [-0.2, -0.15) is 0 Å². The molecule has 1 heterocycles. The summed E-state index contributed by atoms with van der Waals surface area (Å²) in [6.45, 7) is 2.76.